The zero-order chi connectivity index (χ0) is 22.0. The number of aryl methyl sites for hydroxylation is 1. The van der Waals surface area contributed by atoms with Crippen molar-refractivity contribution in [3.05, 3.63) is 76.2 Å². The smallest absolute Gasteiger partial charge is 0.278 e. The lowest BCUT2D eigenvalue weighted by molar-refractivity contribution is -0.658. The molecule has 1 aromatic carbocycles. The van der Waals surface area contributed by atoms with Crippen molar-refractivity contribution in [2.45, 2.75) is 26.4 Å². The minimum absolute atomic E-state index is 0. The second-order valence-corrected chi connectivity index (χ2v) is 7.21. The highest BCUT2D eigenvalue weighted by Crippen LogP contribution is 2.16. The summed E-state index contributed by atoms with van der Waals surface area (Å²) in [6, 6.07) is 14.3. The summed E-state index contributed by atoms with van der Waals surface area (Å²) < 4.78 is 8.36. The number of aromatic nitrogens is 3. The summed E-state index contributed by atoms with van der Waals surface area (Å²) in [5.74, 6) is 0.682. The van der Waals surface area contributed by atoms with E-state index >= 15 is 0 Å². The van der Waals surface area contributed by atoms with Crippen LogP contribution in [-0.2, 0) is 13.1 Å². The van der Waals surface area contributed by atoms with Gasteiger partial charge in [-0.1, -0.05) is 30.1 Å². The van der Waals surface area contributed by atoms with Gasteiger partial charge in [-0.05, 0) is 42.3 Å². The Morgan fingerprint density at radius 3 is 2.66 bits per heavy atom. The zero-order valence-electron chi connectivity index (χ0n) is 17.8. The first kappa shape index (κ1) is 23.0. The molecular weight excluding hydrogens is 430 g/mol. The molecule has 4 aromatic rings. The normalized spacial score (nSPS) is 10.7. The number of anilines is 1. The van der Waals surface area contributed by atoms with Crippen molar-refractivity contribution in [3.63, 3.8) is 0 Å². The molecule has 0 unspecified atom stereocenters. The molecule has 166 valence electrons. The van der Waals surface area contributed by atoms with Crippen molar-refractivity contribution in [1.82, 2.24) is 14.7 Å². The summed E-state index contributed by atoms with van der Waals surface area (Å²) in [5.41, 5.74) is 8.31. The number of nitrogens with two attached hydrogens (primary N) is 1. The third-order valence-electron chi connectivity index (χ3n) is 5.16. The van der Waals surface area contributed by atoms with Crippen molar-refractivity contribution in [3.8, 4) is 5.75 Å². The van der Waals surface area contributed by atoms with Crippen LogP contribution in [0.4, 0.5) is 5.82 Å². The Balaban J connectivity index is 0.00000289. The topological polar surface area (TPSA) is 103 Å². The molecule has 3 N–H and O–H groups in total. The van der Waals surface area contributed by atoms with Gasteiger partial charge in [0.05, 0.1) is 13.7 Å². The van der Waals surface area contributed by atoms with Crippen LogP contribution in [0.25, 0.3) is 16.7 Å². The molecule has 3 aromatic heterocycles. The van der Waals surface area contributed by atoms with E-state index in [1.807, 2.05) is 37.3 Å². The fraction of sp³-hybridized carbons (Fsp3) is 0.217. The maximum atomic E-state index is 13.1. The minimum Gasteiger partial charge on any atom is -1.00 e. The predicted molar refractivity (Wildman–Crippen MR) is 118 cm³/mol. The van der Waals surface area contributed by atoms with Crippen LogP contribution >= 0.6 is 0 Å². The van der Waals surface area contributed by atoms with Crippen LogP contribution in [0.15, 0.2) is 59.5 Å². The molecule has 4 rings (SSSR count). The van der Waals surface area contributed by atoms with Gasteiger partial charge in [-0.2, -0.15) is 0 Å². The van der Waals surface area contributed by atoms with Crippen molar-refractivity contribution >= 4 is 28.4 Å². The molecular formula is C23H24ClN5O3. The number of pyridine rings is 2. The monoisotopic (exact) mass is 453 g/mol. The fourth-order valence-electron chi connectivity index (χ4n) is 3.55. The number of carbonyl (C=O) groups is 1. The summed E-state index contributed by atoms with van der Waals surface area (Å²) in [5, 5.41) is 3.23. The molecule has 0 saturated carbocycles. The van der Waals surface area contributed by atoms with E-state index in [1.54, 1.807) is 30.0 Å². The van der Waals surface area contributed by atoms with Crippen LogP contribution in [0, 0.1) is 0 Å². The number of fused-ring (bicyclic) bond motifs is 2. The number of ether oxygens (including phenoxy) is 1. The average molecular weight is 454 g/mol. The first-order valence-corrected chi connectivity index (χ1v) is 10.1. The first-order chi connectivity index (χ1) is 15.0. The number of halogens is 1. The second-order valence-electron chi connectivity index (χ2n) is 7.21. The third-order valence-corrected chi connectivity index (χ3v) is 5.16. The van der Waals surface area contributed by atoms with Gasteiger partial charge in [-0.3, -0.25) is 14.0 Å². The Bertz CT molecular complexity index is 1340. The van der Waals surface area contributed by atoms with E-state index in [0.717, 1.165) is 17.7 Å². The minimum atomic E-state index is -0.349. The standard InChI is InChI=1S/C23H23N5O3.ClH/c1-3-11-28-20(24)17(22(29)25-14-15-7-9-16(31-2)10-8-15)13-18-21(28)26-19-6-4-5-12-27(19)23(18)30;/h4-10,12-13,24H,3,11,14H2,1-2H3,(H,25,29);1H. The van der Waals surface area contributed by atoms with Crippen LogP contribution in [0.2, 0.25) is 0 Å². The van der Waals surface area contributed by atoms with Gasteiger partial charge in [-0.25, -0.2) is 4.57 Å². The second kappa shape index (κ2) is 9.65. The lowest BCUT2D eigenvalue weighted by Gasteiger charge is -2.12. The molecule has 0 spiro atoms. The maximum Gasteiger partial charge on any atom is 0.278 e. The van der Waals surface area contributed by atoms with Crippen LogP contribution in [0.1, 0.15) is 29.3 Å². The van der Waals surface area contributed by atoms with Gasteiger partial charge in [-0.15, -0.1) is 0 Å². The Labute approximate surface area is 191 Å². The molecule has 0 radical (unpaired) electrons. The Hall–Kier alpha value is -3.65. The largest absolute Gasteiger partial charge is 1.00 e. The quantitative estimate of drug-likeness (QED) is 0.290. The fourth-order valence-corrected chi connectivity index (χ4v) is 3.55. The highest BCUT2D eigenvalue weighted by Gasteiger charge is 2.23. The zero-order valence-corrected chi connectivity index (χ0v) is 18.6. The summed E-state index contributed by atoms with van der Waals surface area (Å²) in [7, 11) is 1.60. The third kappa shape index (κ3) is 4.22. The SMILES string of the molecule is CCC[n+]1c(N)c(C(=O)NCc2ccc(OC)cc2)cc2c(=O)n3ccccc3nc21.[Cl-]. The van der Waals surface area contributed by atoms with E-state index in [-0.39, 0.29) is 35.3 Å². The summed E-state index contributed by atoms with van der Waals surface area (Å²) in [6.45, 7) is 2.86. The molecule has 9 heteroatoms. The molecule has 0 fully saturated rings. The number of benzene rings is 1. The summed E-state index contributed by atoms with van der Waals surface area (Å²) in [4.78, 5) is 30.7. The Morgan fingerprint density at radius 1 is 1.22 bits per heavy atom. The predicted octanol–water partition coefficient (Wildman–Crippen LogP) is -0.930. The van der Waals surface area contributed by atoms with Crippen LogP contribution in [0.5, 0.6) is 5.75 Å². The number of hydrogen-bond donors (Lipinski definition) is 2. The lowest BCUT2D eigenvalue weighted by atomic mass is 10.1. The van der Waals surface area contributed by atoms with E-state index in [4.69, 9.17) is 10.5 Å². The van der Waals surface area contributed by atoms with E-state index in [1.165, 1.54) is 10.5 Å². The van der Waals surface area contributed by atoms with Gasteiger partial charge in [0.15, 0.2) is 0 Å². The van der Waals surface area contributed by atoms with Crippen molar-refractivity contribution in [2.75, 3.05) is 12.8 Å². The molecule has 0 atom stereocenters. The van der Waals surface area contributed by atoms with Gasteiger partial charge in [0.25, 0.3) is 17.1 Å². The number of nitrogens with one attached hydrogen (secondary N) is 1. The molecule has 0 bridgehead atoms. The van der Waals surface area contributed by atoms with E-state index in [2.05, 4.69) is 10.3 Å². The highest BCUT2D eigenvalue weighted by molar-refractivity contribution is 6.00. The molecule has 32 heavy (non-hydrogen) atoms. The van der Waals surface area contributed by atoms with Gasteiger partial charge < -0.3 is 28.2 Å². The van der Waals surface area contributed by atoms with Crippen LogP contribution in [-0.4, -0.2) is 22.4 Å². The molecule has 0 saturated heterocycles. The van der Waals surface area contributed by atoms with Gasteiger partial charge >= 0.3 is 0 Å². The highest BCUT2D eigenvalue weighted by atomic mass is 35.5. The van der Waals surface area contributed by atoms with Gasteiger partial charge in [0.2, 0.25) is 11.5 Å². The number of carbonyl (C=O) groups excluding carboxylic acids is 1. The molecule has 0 aliphatic rings. The molecule has 0 aliphatic heterocycles. The lowest BCUT2D eigenvalue weighted by Crippen LogP contribution is -3.00. The molecule has 0 aliphatic carbocycles. The Morgan fingerprint density at radius 2 is 1.97 bits per heavy atom. The van der Waals surface area contributed by atoms with Crippen molar-refractivity contribution in [2.24, 2.45) is 0 Å². The van der Waals surface area contributed by atoms with Gasteiger partial charge in [0, 0.05) is 12.7 Å². The van der Waals surface area contributed by atoms with Crippen LogP contribution < -0.4 is 38.3 Å². The first-order valence-electron chi connectivity index (χ1n) is 10.1. The summed E-state index contributed by atoms with van der Waals surface area (Å²) in [6.07, 6.45) is 2.44. The van der Waals surface area contributed by atoms with E-state index in [9.17, 15) is 9.59 Å². The average Bonchev–Trinajstić information content (AvgIpc) is 2.80. The van der Waals surface area contributed by atoms with Crippen molar-refractivity contribution in [1.29, 1.82) is 0 Å². The van der Waals surface area contributed by atoms with Crippen LogP contribution in [0.3, 0.4) is 0 Å². The number of nitrogen functional groups attached to an aromatic ring is 1. The number of nitrogens with zero attached hydrogens (tertiary/aromatic N) is 3. The Kier molecular flexibility index (Phi) is 6.95. The number of rotatable bonds is 6. The molecule has 8 nitrogen and oxygen atoms in total. The van der Waals surface area contributed by atoms with Gasteiger partial charge in [0.1, 0.15) is 16.7 Å². The molecule has 1 amide bonds. The summed E-state index contributed by atoms with van der Waals surface area (Å²) >= 11 is 0. The molecule has 3 heterocycles. The maximum absolute atomic E-state index is 13.1. The number of amides is 1. The number of hydrogen-bond acceptors (Lipinski definition) is 5. The van der Waals surface area contributed by atoms with E-state index in [0.29, 0.717) is 29.8 Å². The van der Waals surface area contributed by atoms with E-state index < -0.39 is 0 Å². The van der Waals surface area contributed by atoms with Crippen molar-refractivity contribution < 1.29 is 26.5 Å². The number of methoxy groups -OCH3 is 1.